The number of carbonyl (C=O) groups is 1. The molecule has 0 unspecified atom stereocenters. The predicted molar refractivity (Wildman–Crippen MR) is 103 cm³/mol. The van der Waals surface area contributed by atoms with Gasteiger partial charge >= 0.3 is 5.97 Å². The molecular formula is C22H19NO4. The van der Waals surface area contributed by atoms with Crippen LogP contribution in [0.5, 0.6) is 11.5 Å². The van der Waals surface area contributed by atoms with Gasteiger partial charge in [-0.3, -0.25) is 9.59 Å². The van der Waals surface area contributed by atoms with Gasteiger partial charge in [-0.1, -0.05) is 36.9 Å². The van der Waals surface area contributed by atoms with Crippen LogP contribution in [0.4, 0.5) is 0 Å². The van der Waals surface area contributed by atoms with E-state index in [1.807, 2.05) is 48.5 Å². The topological polar surface area (TPSA) is 57.5 Å². The fraction of sp³-hybridized carbons (Fsp3) is 0.182. The molecule has 0 amide bonds. The van der Waals surface area contributed by atoms with Crippen LogP contribution in [0.1, 0.15) is 23.5 Å². The minimum Gasteiger partial charge on any atom is -0.490 e. The zero-order valence-corrected chi connectivity index (χ0v) is 15.0. The van der Waals surface area contributed by atoms with Crippen LogP contribution >= 0.6 is 0 Å². The third kappa shape index (κ3) is 2.91. The predicted octanol–water partition coefficient (Wildman–Crippen LogP) is 3.54. The molecule has 0 N–H and O–H groups in total. The first kappa shape index (κ1) is 17.1. The molecule has 5 heteroatoms. The van der Waals surface area contributed by atoms with Gasteiger partial charge < -0.3 is 14.0 Å². The number of rotatable bonds is 4. The molecule has 27 heavy (non-hydrogen) atoms. The lowest BCUT2D eigenvalue weighted by molar-refractivity contribution is -0.135. The lowest BCUT2D eigenvalue weighted by Crippen LogP contribution is -2.31. The van der Waals surface area contributed by atoms with Crippen LogP contribution in [-0.4, -0.2) is 17.1 Å². The lowest BCUT2D eigenvalue weighted by Gasteiger charge is -2.26. The van der Waals surface area contributed by atoms with Crippen LogP contribution in [0.15, 0.2) is 66.0 Å². The van der Waals surface area contributed by atoms with Crippen molar-refractivity contribution in [3.05, 3.63) is 82.7 Å². The number of carbonyl (C=O) groups excluding carboxylic acids is 1. The number of para-hydroxylation sites is 1. The number of esters is 1. The van der Waals surface area contributed by atoms with Gasteiger partial charge in [0, 0.05) is 18.4 Å². The van der Waals surface area contributed by atoms with Crippen molar-refractivity contribution in [1.82, 2.24) is 4.57 Å². The largest absolute Gasteiger partial charge is 0.490 e. The maximum Gasteiger partial charge on any atom is 0.312 e. The summed E-state index contributed by atoms with van der Waals surface area (Å²) in [4.78, 5) is 25.4. The van der Waals surface area contributed by atoms with E-state index < -0.39 is 0 Å². The monoisotopic (exact) mass is 361 g/mol. The summed E-state index contributed by atoms with van der Waals surface area (Å²) in [7, 11) is 1.74. The minimum atomic E-state index is -0.349. The van der Waals surface area contributed by atoms with E-state index in [2.05, 4.69) is 6.58 Å². The van der Waals surface area contributed by atoms with Crippen molar-refractivity contribution in [3.8, 4) is 11.5 Å². The molecule has 2 heterocycles. The van der Waals surface area contributed by atoms with Gasteiger partial charge in [0.2, 0.25) is 0 Å². The second-order valence-corrected chi connectivity index (χ2v) is 6.52. The summed E-state index contributed by atoms with van der Waals surface area (Å²) in [6.45, 7) is 4.05. The number of aryl methyl sites for hydroxylation is 1. The Morgan fingerprint density at radius 1 is 1.19 bits per heavy atom. The lowest BCUT2D eigenvalue weighted by atomic mass is 9.86. The van der Waals surface area contributed by atoms with Gasteiger partial charge in [-0.25, -0.2) is 0 Å². The number of hydrogen-bond acceptors (Lipinski definition) is 4. The molecule has 0 bridgehead atoms. The molecule has 1 aromatic heterocycles. The Kier molecular flexibility index (Phi) is 4.28. The second kappa shape index (κ2) is 6.76. The molecule has 0 radical (unpaired) electrons. The number of hydrogen-bond donors (Lipinski definition) is 0. The number of ether oxygens (including phenoxy) is 2. The third-order valence-electron chi connectivity index (χ3n) is 4.88. The third-order valence-corrected chi connectivity index (χ3v) is 4.88. The smallest absolute Gasteiger partial charge is 0.312 e. The summed E-state index contributed by atoms with van der Waals surface area (Å²) in [5.74, 6) is 0.404. The molecule has 136 valence electrons. The van der Waals surface area contributed by atoms with E-state index in [1.165, 1.54) is 0 Å². The average molecular weight is 361 g/mol. The van der Waals surface area contributed by atoms with E-state index >= 15 is 0 Å². The first-order valence-electron chi connectivity index (χ1n) is 8.76. The second-order valence-electron chi connectivity index (χ2n) is 6.52. The number of aromatic nitrogens is 1. The maximum absolute atomic E-state index is 13.1. The molecule has 0 fully saturated rings. The highest BCUT2D eigenvalue weighted by Gasteiger charge is 2.33. The fourth-order valence-corrected chi connectivity index (χ4v) is 3.57. The molecule has 2 aromatic carbocycles. The molecule has 0 spiro atoms. The Hall–Kier alpha value is -3.34. The summed E-state index contributed by atoms with van der Waals surface area (Å²) in [5.41, 5.74) is 2.00. The highest BCUT2D eigenvalue weighted by Crippen LogP contribution is 2.40. The van der Waals surface area contributed by atoms with Crippen molar-refractivity contribution in [3.63, 3.8) is 0 Å². The highest BCUT2D eigenvalue weighted by atomic mass is 16.5. The Balaban J connectivity index is 1.87. The molecule has 0 saturated heterocycles. The zero-order valence-electron chi connectivity index (χ0n) is 15.0. The van der Waals surface area contributed by atoms with Crippen LogP contribution in [0.3, 0.4) is 0 Å². The number of fused-ring (bicyclic) bond motifs is 3. The molecule has 0 aliphatic carbocycles. The van der Waals surface area contributed by atoms with Crippen molar-refractivity contribution >= 4 is 16.9 Å². The summed E-state index contributed by atoms with van der Waals surface area (Å²) >= 11 is 0. The molecule has 4 rings (SSSR count). The van der Waals surface area contributed by atoms with E-state index in [-0.39, 0.29) is 23.9 Å². The van der Waals surface area contributed by atoms with Gasteiger partial charge in [-0.15, -0.1) is 0 Å². The SMILES string of the molecule is C=CCOc1ccc([C@@H]2CC(=O)Oc3c2c(=O)n(C)c2ccccc32)cc1. The molecule has 1 aliphatic heterocycles. The molecule has 0 saturated carbocycles. The summed E-state index contributed by atoms with van der Waals surface area (Å²) in [5, 5.41) is 0.763. The van der Waals surface area contributed by atoms with Crippen LogP contribution in [-0.2, 0) is 11.8 Å². The maximum atomic E-state index is 13.1. The number of pyridine rings is 1. The van der Waals surface area contributed by atoms with Gasteiger partial charge in [-0.05, 0) is 29.8 Å². The van der Waals surface area contributed by atoms with Crippen LogP contribution in [0.2, 0.25) is 0 Å². The quantitative estimate of drug-likeness (QED) is 0.527. The molecule has 5 nitrogen and oxygen atoms in total. The van der Waals surface area contributed by atoms with E-state index in [1.54, 1.807) is 17.7 Å². The van der Waals surface area contributed by atoms with Gasteiger partial charge in [0.15, 0.2) is 0 Å². The van der Waals surface area contributed by atoms with E-state index in [9.17, 15) is 9.59 Å². The van der Waals surface area contributed by atoms with Gasteiger partial charge in [0.1, 0.15) is 18.1 Å². The standard InChI is InChI=1S/C22H19NO4/c1-3-12-26-15-10-8-14(9-11-15)17-13-19(24)27-21-16-6-4-5-7-18(16)23(2)22(25)20(17)21/h3-11,17H,1,12-13H2,2H3/t17-/m0/s1. The normalized spacial score (nSPS) is 15.9. The number of benzene rings is 2. The highest BCUT2D eigenvalue weighted by molar-refractivity contribution is 5.91. The first-order valence-corrected chi connectivity index (χ1v) is 8.76. The molecular weight excluding hydrogens is 342 g/mol. The van der Waals surface area contributed by atoms with Crippen molar-refractivity contribution in [2.24, 2.45) is 7.05 Å². The van der Waals surface area contributed by atoms with Gasteiger partial charge in [0.25, 0.3) is 5.56 Å². The van der Waals surface area contributed by atoms with E-state index in [0.29, 0.717) is 23.7 Å². The zero-order chi connectivity index (χ0) is 19.0. The Morgan fingerprint density at radius 2 is 1.93 bits per heavy atom. The van der Waals surface area contributed by atoms with E-state index in [4.69, 9.17) is 9.47 Å². The van der Waals surface area contributed by atoms with Crippen molar-refractivity contribution in [1.29, 1.82) is 0 Å². The Labute approximate surface area is 156 Å². The minimum absolute atomic E-state index is 0.132. The summed E-state index contributed by atoms with van der Waals surface area (Å²) in [6.07, 6.45) is 1.81. The van der Waals surface area contributed by atoms with Crippen molar-refractivity contribution < 1.29 is 14.3 Å². The summed E-state index contributed by atoms with van der Waals surface area (Å²) < 4.78 is 12.6. The molecule has 1 atom stereocenters. The number of nitrogens with zero attached hydrogens (tertiary/aromatic N) is 1. The van der Waals surface area contributed by atoms with Crippen LogP contribution < -0.4 is 15.0 Å². The Morgan fingerprint density at radius 3 is 2.67 bits per heavy atom. The molecule has 1 aliphatic rings. The fourth-order valence-electron chi connectivity index (χ4n) is 3.57. The summed E-state index contributed by atoms with van der Waals surface area (Å²) in [6, 6.07) is 14.9. The van der Waals surface area contributed by atoms with Crippen LogP contribution in [0, 0.1) is 0 Å². The van der Waals surface area contributed by atoms with Crippen molar-refractivity contribution in [2.45, 2.75) is 12.3 Å². The van der Waals surface area contributed by atoms with Crippen LogP contribution in [0.25, 0.3) is 10.9 Å². The molecule has 3 aromatic rings. The van der Waals surface area contributed by atoms with Gasteiger partial charge in [-0.2, -0.15) is 0 Å². The average Bonchev–Trinajstić information content (AvgIpc) is 2.70. The Bertz CT molecular complexity index is 1100. The van der Waals surface area contributed by atoms with Crippen molar-refractivity contribution in [2.75, 3.05) is 6.61 Å². The van der Waals surface area contributed by atoms with Gasteiger partial charge in [0.05, 0.1) is 17.5 Å². The first-order chi connectivity index (χ1) is 13.1. The van der Waals surface area contributed by atoms with E-state index in [0.717, 1.165) is 16.5 Å².